The minimum Gasteiger partial charge on any atom is -0.377 e. The van der Waals surface area contributed by atoms with Crippen molar-refractivity contribution in [1.82, 2.24) is 19.9 Å². The molecule has 1 fully saturated rings. The second-order valence-electron chi connectivity index (χ2n) is 5.96. The van der Waals surface area contributed by atoms with Crippen LogP contribution in [-0.4, -0.2) is 53.2 Å². The van der Waals surface area contributed by atoms with Crippen molar-refractivity contribution < 1.29 is 9.26 Å². The van der Waals surface area contributed by atoms with Crippen molar-refractivity contribution in [3.8, 4) is 0 Å². The van der Waals surface area contributed by atoms with Gasteiger partial charge in [0.2, 0.25) is 5.89 Å². The molecule has 2 aromatic rings. The van der Waals surface area contributed by atoms with Gasteiger partial charge in [0.15, 0.2) is 5.82 Å². The number of hydrogen-bond acceptors (Lipinski definition) is 7. The van der Waals surface area contributed by atoms with Gasteiger partial charge in [-0.05, 0) is 36.2 Å². The number of rotatable bonds is 6. The van der Waals surface area contributed by atoms with Gasteiger partial charge in [-0.3, -0.25) is 9.80 Å². The fourth-order valence-corrected chi connectivity index (χ4v) is 3.76. The van der Waals surface area contributed by atoms with E-state index in [2.05, 4.69) is 50.6 Å². The summed E-state index contributed by atoms with van der Waals surface area (Å²) in [6.45, 7) is 8.94. The topological polar surface area (TPSA) is 54.6 Å². The second kappa shape index (κ2) is 7.53. The molecular formula is C16H24N4O2S. The molecule has 23 heavy (non-hydrogen) atoms. The quantitative estimate of drug-likeness (QED) is 0.808. The SMILES string of the molecule is COCc1noc([C@@H](C)N2CCN([C@H](C)c3ccsc3)CC2)n1. The molecule has 0 spiro atoms. The van der Waals surface area contributed by atoms with Crippen molar-refractivity contribution in [2.24, 2.45) is 0 Å². The number of piperazine rings is 1. The summed E-state index contributed by atoms with van der Waals surface area (Å²) in [5, 5.41) is 8.35. The first-order valence-corrected chi connectivity index (χ1v) is 8.95. The van der Waals surface area contributed by atoms with E-state index in [4.69, 9.17) is 9.26 Å². The van der Waals surface area contributed by atoms with Gasteiger partial charge >= 0.3 is 0 Å². The van der Waals surface area contributed by atoms with E-state index in [1.54, 1.807) is 18.4 Å². The molecule has 0 saturated carbocycles. The van der Waals surface area contributed by atoms with Crippen molar-refractivity contribution in [3.05, 3.63) is 34.1 Å². The summed E-state index contributed by atoms with van der Waals surface area (Å²) in [6.07, 6.45) is 0. The first kappa shape index (κ1) is 16.6. The lowest BCUT2D eigenvalue weighted by atomic mass is 10.1. The zero-order chi connectivity index (χ0) is 16.2. The second-order valence-corrected chi connectivity index (χ2v) is 6.74. The van der Waals surface area contributed by atoms with Gasteiger partial charge in [0.25, 0.3) is 0 Å². The fourth-order valence-electron chi connectivity index (χ4n) is 3.02. The summed E-state index contributed by atoms with van der Waals surface area (Å²) in [5.41, 5.74) is 1.41. The highest BCUT2D eigenvalue weighted by Crippen LogP contribution is 2.26. The molecule has 7 heteroatoms. The lowest BCUT2D eigenvalue weighted by Gasteiger charge is -2.39. The molecule has 1 saturated heterocycles. The molecule has 0 N–H and O–H groups in total. The number of aromatic nitrogens is 2. The predicted molar refractivity (Wildman–Crippen MR) is 89.3 cm³/mol. The van der Waals surface area contributed by atoms with E-state index in [0.717, 1.165) is 26.2 Å². The first-order chi connectivity index (χ1) is 11.2. The average molecular weight is 336 g/mol. The molecule has 0 aromatic carbocycles. The van der Waals surface area contributed by atoms with Crippen LogP contribution in [0.2, 0.25) is 0 Å². The highest BCUT2D eigenvalue weighted by Gasteiger charge is 2.28. The molecular weight excluding hydrogens is 312 g/mol. The van der Waals surface area contributed by atoms with Gasteiger partial charge in [0.05, 0.1) is 6.04 Å². The Labute approximate surface area is 141 Å². The van der Waals surface area contributed by atoms with Gasteiger partial charge in [0, 0.05) is 39.3 Å². The third kappa shape index (κ3) is 3.80. The Bertz CT molecular complexity index is 593. The van der Waals surface area contributed by atoms with Gasteiger partial charge in [-0.2, -0.15) is 16.3 Å². The van der Waals surface area contributed by atoms with Crippen LogP contribution in [0.1, 0.15) is 43.2 Å². The number of hydrogen-bond donors (Lipinski definition) is 0. The zero-order valence-corrected chi connectivity index (χ0v) is 14.8. The summed E-state index contributed by atoms with van der Waals surface area (Å²) in [7, 11) is 1.63. The third-order valence-corrected chi connectivity index (χ3v) is 5.29. The van der Waals surface area contributed by atoms with Crippen LogP contribution in [0, 0.1) is 0 Å². The Kier molecular flexibility index (Phi) is 5.42. The van der Waals surface area contributed by atoms with E-state index in [-0.39, 0.29) is 6.04 Å². The van der Waals surface area contributed by atoms with Gasteiger partial charge in [-0.15, -0.1) is 0 Å². The van der Waals surface area contributed by atoms with Gasteiger partial charge in [-0.25, -0.2) is 0 Å². The molecule has 0 unspecified atom stereocenters. The summed E-state index contributed by atoms with van der Waals surface area (Å²) >= 11 is 1.77. The largest absolute Gasteiger partial charge is 0.377 e. The average Bonchev–Trinajstić information content (AvgIpc) is 3.26. The fraction of sp³-hybridized carbons (Fsp3) is 0.625. The Morgan fingerprint density at radius 3 is 2.52 bits per heavy atom. The van der Waals surface area contributed by atoms with Gasteiger partial charge < -0.3 is 9.26 Å². The van der Waals surface area contributed by atoms with Crippen molar-refractivity contribution >= 4 is 11.3 Å². The Morgan fingerprint density at radius 2 is 1.91 bits per heavy atom. The molecule has 6 nitrogen and oxygen atoms in total. The normalized spacial score (nSPS) is 19.8. The van der Waals surface area contributed by atoms with Crippen molar-refractivity contribution in [2.45, 2.75) is 32.5 Å². The van der Waals surface area contributed by atoms with Crippen molar-refractivity contribution in [1.29, 1.82) is 0 Å². The molecule has 0 amide bonds. The monoisotopic (exact) mass is 336 g/mol. The van der Waals surface area contributed by atoms with E-state index >= 15 is 0 Å². The van der Waals surface area contributed by atoms with Crippen LogP contribution < -0.4 is 0 Å². The molecule has 126 valence electrons. The number of thiophene rings is 1. The molecule has 0 radical (unpaired) electrons. The maximum absolute atomic E-state index is 5.37. The van der Waals surface area contributed by atoms with Crippen LogP contribution in [-0.2, 0) is 11.3 Å². The Hall–Kier alpha value is -1.28. The lowest BCUT2D eigenvalue weighted by Crippen LogP contribution is -2.47. The van der Waals surface area contributed by atoms with E-state index in [1.165, 1.54) is 5.56 Å². The summed E-state index contributed by atoms with van der Waals surface area (Å²) in [5.74, 6) is 1.29. The number of methoxy groups -OCH3 is 1. The highest BCUT2D eigenvalue weighted by molar-refractivity contribution is 7.07. The van der Waals surface area contributed by atoms with Crippen LogP contribution in [0.5, 0.6) is 0 Å². The summed E-state index contributed by atoms with van der Waals surface area (Å²) in [6, 6.07) is 2.85. The van der Waals surface area contributed by atoms with E-state index in [9.17, 15) is 0 Å². The van der Waals surface area contributed by atoms with Crippen LogP contribution in [0.15, 0.2) is 21.3 Å². The van der Waals surface area contributed by atoms with E-state index < -0.39 is 0 Å². The molecule has 3 heterocycles. The molecule has 2 atom stereocenters. The molecule has 0 bridgehead atoms. The predicted octanol–water partition coefficient (Wildman–Crippen LogP) is 2.72. The third-order valence-electron chi connectivity index (χ3n) is 4.58. The molecule has 2 aromatic heterocycles. The van der Waals surface area contributed by atoms with Crippen LogP contribution in [0.4, 0.5) is 0 Å². The lowest BCUT2D eigenvalue weighted by molar-refractivity contribution is 0.0678. The maximum atomic E-state index is 5.37. The van der Waals surface area contributed by atoms with Crippen molar-refractivity contribution in [3.63, 3.8) is 0 Å². The van der Waals surface area contributed by atoms with E-state index in [0.29, 0.717) is 24.4 Å². The maximum Gasteiger partial charge on any atom is 0.243 e. The van der Waals surface area contributed by atoms with Crippen LogP contribution >= 0.6 is 11.3 Å². The van der Waals surface area contributed by atoms with Gasteiger partial charge in [-0.1, -0.05) is 5.16 Å². The Morgan fingerprint density at radius 1 is 1.22 bits per heavy atom. The first-order valence-electron chi connectivity index (χ1n) is 8.00. The van der Waals surface area contributed by atoms with Crippen molar-refractivity contribution in [2.75, 3.05) is 33.3 Å². The minimum absolute atomic E-state index is 0.145. The Balaban J connectivity index is 1.55. The highest BCUT2D eigenvalue weighted by atomic mass is 32.1. The smallest absolute Gasteiger partial charge is 0.243 e. The summed E-state index contributed by atoms with van der Waals surface area (Å²) < 4.78 is 10.4. The zero-order valence-electron chi connectivity index (χ0n) is 13.9. The van der Waals surface area contributed by atoms with Crippen LogP contribution in [0.3, 0.4) is 0 Å². The van der Waals surface area contributed by atoms with Crippen LogP contribution in [0.25, 0.3) is 0 Å². The van der Waals surface area contributed by atoms with Gasteiger partial charge in [0.1, 0.15) is 6.61 Å². The molecule has 0 aliphatic carbocycles. The molecule has 3 rings (SSSR count). The number of ether oxygens (including phenoxy) is 1. The van der Waals surface area contributed by atoms with E-state index in [1.807, 2.05) is 0 Å². The molecule has 1 aliphatic rings. The summed E-state index contributed by atoms with van der Waals surface area (Å²) in [4.78, 5) is 9.35. The minimum atomic E-state index is 0.145. The molecule has 1 aliphatic heterocycles. The number of nitrogens with zero attached hydrogens (tertiary/aromatic N) is 4. The standard InChI is InChI=1S/C16H24N4O2S/c1-12(14-4-9-23-11-14)19-5-7-20(8-6-19)13(2)16-17-15(10-21-3)18-22-16/h4,9,11-13H,5-8,10H2,1-3H3/t12-,13-/m1/s1.